The molecule has 0 bridgehead atoms. The third kappa shape index (κ3) is 4.92. The highest BCUT2D eigenvalue weighted by Crippen LogP contribution is 2.27. The van der Waals surface area contributed by atoms with Crippen LogP contribution in [0, 0.1) is 0 Å². The van der Waals surface area contributed by atoms with Crippen molar-refractivity contribution >= 4 is 22.4 Å². The van der Waals surface area contributed by atoms with E-state index in [0.717, 1.165) is 10.6 Å². The molecule has 1 amide bonds. The van der Waals surface area contributed by atoms with Crippen molar-refractivity contribution < 1.29 is 9.53 Å². The Morgan fingerprint density at radius 3 is 2.33 bits per heavy atom. The molecule has 3 aromatic rings. The van der Waals surface area contributed by atoms with Gasteiger partial charge in [0.05, 0.1) is 0 Å². The Hall–Kier alpha value is -2.73. The van der Waals surface area contributed by atoms with E-state index in [9.17, 15) is 4.79 Å². The Morgan fingerprint density at radius 1 is 1.04 bits per heavy atom. The molecule has 1 N–H and O–H groups in total. The van der Waals surface area contributed by atoms with Crippen molar-refractivity contribution in [2.45, 2.75) is 39.2 Å². The summed E-state index contributed by atoms with van der Waals surface area (Å²) >= 11 is 1.33. The molecule has 0 aliphatic rings. The van der Waals surface area contributed by atoms with Gasteiger partial charge in [-0.3, -0.25) is 10.1 Å². The molecule has 0 fully saturated rings. The van der Waals surface area contributed by atoms with Gasteiger partial charge in [-0.05, 0) is 30.0 Å². The number of carbonyl (C=O) groups excluding carboxylic acids is 1. The summed E-state index contributed by atoms with van der Waals surface area (Å²) < 4.78 is 5.75. The summed E-state index contributed by atoms with van der Waals surface area (Å²) in [5.74, 6) is 0.401. The Kier molecular flexibility index (Phi) is 5.56. The van der Waals surface area contributed by atoms with E-state index in [1.807, 2.05) is 54.6 Å². The number of nitrogens with one attached hydrogen (secondary N) is 1. The lowest BCUT2D eigenvalue weighted by atomic mass is 9.87. The lowest BCUT2D eigenvalue weighted by Crippen LogP contribution is -2.30. The van der Waals surface area contributed by atoms with Gasteiger partial charge in [-0.15, -0.1) is 10.2 Å². The van der Waals surface area contributed by atoms with Gasteiger partial charge in [-0.2, -0.15) is 0 Å². The summed E-state index contributed by atoms with van der Waals surface area (Å²) in [6, 6.07) is 17.6. The number of aromatic nitrogens is 2. The SMILES string of the molecule is C[C@H](Oc1ccc(C(C)(C)C)cc1)C(=O)Nc1nnc(-c2ccccc2)s1. The molecule has 5 nitrogen and oxygen atoms in total. The number of ether oxygens (including phenoxy) is 1. The highest BCUT2D eigenvalue weighted by molar-refractivity contribution is 7.18. The standard InChI is InChI=1S/C21H23N3O2S/c1-14(26-17-12-10-16(11-13-17)21(2,3)4)18(25)22-20-24-23-19(27-20)15-8-6-5-7-9-15/h5-14H,1-4H3,(H,22,24,25)/t14-/m0/s1. The number of nitrogens with zero attached hydrogens (tertiary/aromatic N) is 2. The van der Waals surface area contributed by atoms with Crippen molar-refractivity contribution in [3.05, 3.63) is 60.2 Å². The Morgan fingerprint density at radius 2 is 1.70 bits per heavy atom. The molecule has 0 unspecified atom stereocenters. The van der Waals surface area contributed by atoms with Gasteiger partial charge in [0.25, 0.3) is 5.91 Å². The Labute approximate surface area is 163 Å². The van der Waals surface area contributed by atoms with Crippen LogP contribution < -0.4 is 10.1 Å². The average Bonchev–Trinajstić information content (AvgIpc) is 3.10. The molecule has 0 spiro atoms. The average molecular weight is 382 g/mol. The number of hydrogen-bond donors (Lipinski definition) is 1. The van der Waals surface area contributed by atoms with E-state index < -0.39 is 6.10 Å². The first-order valence-corrected chi connectivity index (χ1v) is 9.61. The van der Waals surface area contributed by atoms with E-state index in [2.05, 4.69) is 36.3 Å². The highest BCUT2D eigenvalue weighted by atomic mass is 32.1. The third-order valence-electron chi connectivity index (χ3n) is 4.08. The number of rotatable bonds is 5. The summed E-state index contributed by atoms with van der Waals surface area (Å²) in [7, 11) is 0. The highest BCUT2D eigenvalue weighted by Gasteiger charge is 2.18. The lowest BCUT2D eigenvalue weighted by Gasteiger charge is -2.20. The van der Waals surface area contributed by atoms with Gasteiger partial charge in [0.15, 0.2) is 6.10 Å². The molecule has 0 aliphatic carbocycles. The molecule has 2 aromatic carbocycles. The van der Waals surface area contributed by atoms with Gasteiger partial charge in [-0.25, -0.2) is 0 Å². The van der Waals surface area contributed by atoms with E-state index in [1.54, 1.807) is 6.92 Å². The van der Waals surface area contributed by atoms with Crippen molar-refractivity contribution in [2.75, 3.05) is 5.32 Å². The Bertz CT molecular complexity index is 899. The van der Waals surface area contributed by atoms with Crippen LogP contribution >= 0.6 is 11.3 Å². The molecule has 1 heterocycles. The fourth-order valence-electron chi connectivity index (χ4n) is 2.47. The number of anilines is 1. The van der Waals surface area contributed by atoms with Crippen molar-refractivity contribution in [3.63, 3.8) is 0 Å². The van der Waals surface area contributed by atoms with Crippen LogP contribution in [0.15, 0.2) is 54.6 Å². The molecular weight excluding hydrogens is 358 g/mol. The zero-order valence-corrected chi connectivity index (χ0v) is 16.7. The molecule has 0 aliphatic heterocycles. The summed E-state index contributed by atoms with van der Waals surface area (Å²) in [4.78, 5) is 12.4. The molecule has 0 radical (unpaired) electrons. The zero-order valence-electron chi connectivity index (χ0n) is 15.9. The monoisotopic (exact) mass is 381 g/mol. The number of amides is 1. The maximum absolute atomic E-state index is 12.4. The second kappa shape index (κ2) is 7.88. The van der Waals surface area contributed by atoms with Crippen LogP contribution in [0.5, 0.6) is 5.75 Å². The molecule has 140 valence electrons. The third-order valence-corrected chi connectivity index (χ3v) is 4.97. The second-order valence-corrected chi connectivity index (χ2v) is 8.28. The van der Waals surface area contributed by atoms with Crippen LogP contribution in [-0.4, -0.2) is 22.2 Å². The van der Waals surface area contributed by atoms with E-state index >= 15 is 0 Å². The van der Waals surface area contributed by atoms with Gasteiger partial charge in [0, 0.05) is 5.56 Å². The van der Waals surface area contributed by atoms with Gasteiger partial charge < -0.3 is 4.74 Å². The fourth-order valence-corrected chi connectivity index (χ4v) is 3.22. The largest absolute Gasteiger partial charge is 0.481 e. The van der Waals surface area contributed by atoms with Gasteiger partial charge in [0.1, 0.15) is 10.8 Å². The van der Waals surface area contributed by atoms with E-state index in [1.165, 1.54) is 16.9 Å². The first kappa shape index (κ1) is 19.0. The smallest absolute Gasteiger partial charge is 0.266 e. The van der Waals surface area contributed by atoms with Crippen molar-refractivity contribution in [3.8, 4) is 16.3 Å². The summed E-state index contributed by atoms with van der Waals surface area (Å²) in [5, 5.41) is 12.2. The first-order valence-electron chi connectivity index (χ1n) is 8.80. The van der Waals surface area contributed by atoms with Crippen LogP contribution in [-0.2, 0) is 10.2 Å². The normalized spacial score (nSPS) is 12.4. The summed E-state index contributed by atoms with van der Waals surface area (Å²) in [6.45, 7) is 8.19. The zero-order chi connectivity index (χ0) is 19.4. The van der Waals surface area contributed by atoms with E-state index in [-0.39, 0.29) is 11.3 Å². The molecule has 0 saturated carbocycles. The number of carbonyl (C=O) groups is 1. The maximum Gasteiger partial charge on any atom is 0.266 e. The van der Waals surface area contributed by atoms with E-state index in [4.69, 9.17) is 4.74 Å². The molecular formula is C21H23N3O2S. The minimum Gasteiger partial charge on any atom is -0.481 e. The van der Waals surface area contributed by atoms with Crippen LogP contribution in [0.1, 0.15) is 33.3 Å². The summed E-state index contributed by atoms with van der Waals surface area (Å²) in [6.07, 6.45) is -0.644. The van der Waals surface area contributed by atoms with Gasteiger partial charge >= 0.3 is 0 Å². The lowest BCUT2D eigenvalue weighted by molar-refractivity contribution is -0.122. The number of benzene rings is 2. The van der Waals surface area contributed by atoms with Crippen LogP contribution in [0.2, 0.25) is 0 Å². The first-order chi connectivity index (χ1) is 12.8. The van der Waals surface area contributed by atoms with Gasteiger partial charge in [0.2, 0.25) is 5.13 Å². The molecule has 1 atom stereocenters. The number of hydrogen-bond acceptors (Lipinski definition) is 5. The van der Waals surface area contributed by atoms with Crippen molar-refractivity contribution in [1.82, 2.24) is 10.2 Å². The molecule has 3 rings (SSSR count). The van der Waals surface area contributed by atoms with Gasteiger partial charge in [-0.1, -0.05) is 74.6 Å². The molecule has 0 saturated heterocycles. The quantitative estimate of drug-likeness (QED) is 0.682. The molecule has 27 heavy (non-hydrogen) atoms. The minimum absolute atomic E-state index is 0.0792. The van der Waals surface area contributed by atoms with Crippen LogP contribution in [0.4, 0.5) is 5.13 Å². The fraction of sp³-hybridized carbons (Fsp3) is 0.286. The maximum atomic E-state index is 12.4. The van der Waals surface area contributed by atoms with Crippen molar-refractivity contribution in [2.24, 2.45) is 0 Å². The molecule has 1 aromatic heterocycles. The summed E-state index contributed by atoms with van der Waals surface area (Å²) in [5.41, 5.74) is 2.27. The second-order valence-electron chi connectivity index (χ2n) is 7.30. The van der Waals surface area contributed by atoms with Crippen LogP contribution in [0.25, 0.3) is 10.6 Å². The minimum atomic E-state index is -0.644. The predicted octanol–water partition coefficient (Wildman–Crippen LogP) is 4.91. The topological polar surface area (TPSA) is 64.1 Å². The Balaban J connectivity index is 1.60. The predicted molar refractivity (Wildman–Crippen MR) is 109 cm³/mol. The van der Waals surface area contributed by atoms with E-state index in [0.29, 0.717) is 10.9 Å². The van der Waals surface area contributed by atoms with Crippen LogP contribution in [0.3, 0.4) is 0 Å². The molecule has 6 heteroatoms. The van der Waals surface area contributed by atoms with Crippen molar-refractivity contribution in [1.29, 1.82) is 0 Å².